The fourth-order valence-electron chi connectivity index (χ4n) is 5.71. The fourth-order valence-corrected chi connectivity index (χ4v) is 7.54. The third-order valence-electron chi connectivity index (χ3n) is 8.68. The largest absolute Gasteiger partial charge is 0.508 e. The number of aliphatic imine (C=N–C) groups is 1. The van der Waals surface area contributed by atoms with Gasteiger partial charge in [0.1, 0.15) is 36.0 Å². The number of nitrogens with two attached hydrogens (primary N) is 3. The molecule has 2 aromatic carbocycles. The molecule has 14 N–H and O–H groups in total. The van der Waals surface area contributed by atoms with E-state index in [9.17, 15) is 43.8 Å². The average molecular weight is 854 g/mol. The lowest BCUT2D eigenvalue weighted by Crippen LogP contribution is -2.59. The van der Waals surface area contributed by atoms with E-state index in [-0.39, 0.29) is 43.3 Å². The van der Waals surface area contributed by atoms with Crippen molar-refractivity contribution in [1.82, 2.24) is 31.6 Å². The molecule has 2 heterocycles. The number of amides is 6. The molecule has 2 bridgehead atoms. The van der Waals surface area contributed by atoms with E-state index in [2.05, 4.69) is 41.9 Å². The van der Waals surface area contributed by atoms with Crippen LogP contribution in [-0.4, -0.2) is 112 Å². The van der Waals surface area contributed by atoms with E-state index in [1.165, 1.54) is 47.4 Å². The first kappa shape index (κ1) is 45.3. The fraction of sp³-hybridized carbons (Fsp3) is 0.378. The molecule has 20 nitrogen and oxygen atoms in total. The molecule has 0 spiro atoms. The standard InChI is InChI=1S/C37H47N11O9S2/c38-31(53)28-19-58-17-22-18-59-37(43-22)48-24(7-4-12-41-36(39)40)32(54)42-16-29(50)44-27(15-30(51)52)35(57)46-26(14-21-8-10-23(49)11-9-21)33(55)45-25(34(56)47-28)13-20-5-2-1-3-6-20/h1-3,5-6,8-11,18,24-28,49H,4,7,12-17,19H2,(H2,38,53)(H,42,54)(H,43,48)(H,44,50)(H,45,55)(H,46,57)(H,47,56)(H,51,52)(H4,39,40,41)/t24?,25-,26-,27-,28-/m0/s1. The molecular weight excluding hydrogens is 807 g/mol. The number of fused-ring (bicyclic) bond motifs is 2. The lowest BCUT2D eigenvalue weighted by molar-refractivity contribution is -0.141. The number of hydrogen-bond donors (Lipinski definition) is 11. The number of primary amides is 1. The normalized spacial score (nSPS) is 21.3. The summed E-state index contributed by atoms with van der Waals surface area (Å²) in [6.07, 6.45) is -0.572. The van der Waals surface area contributed by atoms with Crippen LogP contribution in [0.1, 0.15) is 36.1 Å². The smallest absolute Gasteiger partial charge is 0.305 e. The van der Waals surface area contributed by atoms with Crippen molar-refractivity contribution in [3.05, 3.63) is 76.8 Å². The first-order valence-electron chi connectivity index (χ1n) is 18.3. The number of anilines is 1. The van der Waals surface area contributed by atoms with Gasteiger partial charge in [-0.05, 0) is 36.1 Å². The highest BCUT2D eigenvalue weighted by Crippen LogP contribution is 2.22. The summed E-state index contributed by atoms with van der Waals surface area (Å²) >= 11 is 2.45. The van der Waals surface area contributed by atoms with Crippen molar-refractivity contribution in [2.24, 2.45) is 22.2 Å². The Kier molecular flexibility index (Phi) is 17.3. The molecule has 22 heteroatoms. The van der Waals surface area contributed by atoms with Crippen molar-refractivity contribution in [2.75, 3.05) is 24.2 Å². The van der Waals surface area contributed by atoms with E-state index >= 15 is 0 Å². The van der Waals surface area contributed by atoms with Crippen molar-refractivity contribution in [2.45, 2.75) is 68.1 Å². The minimum Gasteiger partial charge on any atom is -0.508 e. The van der Waals surface area contributed by atoms with Gasteiger partial charge in [0, 0.05) is 36.3 Å². The zero-order chi connectivity index (χ0) is 42.9. The Morgan fingerprint density at radius 3 is 2.03 bits per heavy atom. The van der Waals surface area contributed by atoms with Crippen LogP contribution in [-0.2, 0) is 52.2 Å². The van der Waals surface area contributed by atoms with Crippen LogP contribution in [0.2, 0.25) is 0 Å². The lowest BCUT2D eigenvalue weighted by atomic mass is 10.0. The maximum absolute atomic E-state index is 14.1. The van der Waals surface area contributed by atoms with E-state index in [1.54, 1.807) is 35.7 Å². The van der Waals surface area contributed by atoms with Crippen LogP contribution < -0.4 is 49.1 Å². The number of aliphatic carboxylic acids is 1. The van der Waals surface area contributed by atoms with Gasteiger partial charge in [0.25, 0.3) is 0 Å². The van der Waals surface area contributed by atoms with Crippen LogP contribution in [0.5, 0.6) is 5.75 Å². The maximum atomic E-state index is 14.1. The number of carboxylic acid groups (broad SMARTS) is 1. The van der Waals surface area contributed by atoms with Gasteiger partial charge in [-0.1, -0.05) is 42.5 Å². The molecule has 1 unspecified atom stereocenters. The third kappa shape index (κ3) is 15.5. The number of thioether (sulfide) groups is 1. The molecule has 1 aromatic heterocycles. The number of carbonyl (C=O) groups excluding carboxylic acids is 6. The van der Waals surface area contributed by atoms with E-state index in [0.717, 1.165) is 0 Å². The van der Waals surface area contributed by atoms with Crippen LogP contribution in [0.4, 0.5) is 5.13 Å². The number of hydrogen-bond acceptors (Lipinski definition) is 13. The number of nitrogens with one attached hydrogen (secondary N) is 6. The Labute approximate surface area is 346 Å². The quantitative estimate of drug-likeness (QED) is 0.0590. The number of aromatic hydroxyl groups is 1. The number of aromatic nitrogens is 1. The molecule has 59 heavy (non-hydrogen) atoms. The summed E-state index contributed by atoms with van der Waals surface area (Å²) in [5.74, 6) is -6.36. The average Bonchev–Trinajstić information content (AvgIpc) is 3.64. The number of thiazole rings is 1. The summed E-state index contributed by atoms with van der Waals surface area (Å²) < 4.78 is 0. The number of guanidine groups is 1. The SMILES string of the molecule is NC(=O)[C@@H]1CSCc2csc(n2)NC(CCCN=C(N)N)C(=O)NCC(=O)N[C@@H](CC(=O)O)C(=O)N[C@@H](Cc2ccc(O)cc2)C(=O)N[C@@H](Cc2ccccc2)C(=O)N1. The van der Waals surface area contributed by atoms with Crippen LogP contribution >= 0.6 is 23.1 Å². The van der Waals surface area contributed by atoms with Gasteiger partial charge in [-0.3, -0.25) is 38.6 Å². The Balaban J connectivity index is 1.68. The van der Waals surface area contributed by atoms with Gasteiger partial charge in [-0.15, -0.1) is 11.3 Å². The Morgan fingerprint density at radius 2 is 1.41 bits per heavy atom. The van der Waals surface area contributed by atoms with Gasteiger partial charge in [-0.2, -0.15) is 11.8 Å². The van der Waals surface area contributed by atoms with Crippen molar-refractivity contribution >= 4 is 75.6 Å². The molecule has 316 valence electrons. The topological polar surface area (TPSA) is 335 Å². The van der Waals surface area contributed by atoms with Crippen molar-refractivity contribution < 1.29 is 43.8 Å². The number of phenols is 1. The predicted octanol–water partition coefficient (Wildman–Crippen LogP) is -1.57. The number of carbonyl (C=O) groups is 7. The third-order valence-corrected chi connectivity index (χ3v) is 10.6. The van der Waals surface area contributed by atoms with Crippen LogP contribution in [0.15, 0.2) is 65.0 Å². The first-order chi connectivity index (χ1) is 28.2. The molecule has 0 aliphatic carbocycles. The molecule has 1 aliphatic rings. The van der Waals surface area contributed by atoms with E-state index in [1.807, 2.05) is 0 Å². The van der Waals surface area contributed by atoms with Gasteiger partial charge in [-0.25, -0.2) is 4.98 Å². The highest BCUT2D eigenvalue weighted by molar-refractivity contribution is 7.98. The van der Waals surface area contributed by atoms with Gasteiger partial charge >= 0.3 is 5.97 Å². The van der Waals surface area contributed by atoms with Gasteiger partial charge in [0.2, 0.25) is 35.4 Å². The zero-order valence-corrected chi connectivity index (χ0v) is 33.4. The first-order valence-corrected chi connectivity index (χ1v) is 20.4. The number of rotatable bonds is 11. The van der Waals surface area contributed by atoms with Gasteiger partial charge in [0.05, 0.1) is 18.7 Å². The molecule has 4 rings (SSSR count). The summed E-state index contributed by atoms with van der Waals surface area (Å²) in [4.78, 5) is 101. The summed E-state index contributed by atoms with van der Waals surface area (Å²) in [5, 5.41) is 37.2. The second-order valence-electron chi connectivity index (χ2n) is 13.4. The number of benzene rings is 2. The second-order valence-corrected chi connectivity index (χ2v) is 15.3. The molecular formula is C37H47N11O9S2. The lowest BCUT2D eigenvalue weighted by Gasteiger charge is -2.26. The number of nitrogens with zero attached hydrogens (tertiary/aromatic N) is 2. The van der Waals surface area contributed by atoms with Crippen molar-refractivity contribution in [3.63, 3.8) is 0 Å². The van der Waals surface area contributed by atoms with Crippen molar-refractivity contribution in [3.8, 4) is 5.75 Å². The summed E-state index contributed by atoms with van der Waals surface area (Å²) in [5.41, 5.74) is 18.2. The Bertz CT molecular complexity index is 1980. The maximum Gasteiger partial charge on any atom is 0.305 e. The molecule has 0 radical (unpaired) electrons. The summed E-state index contributed by atoms with van der Waals surface area (Å²) in [6, 6.07) is 7.85. The molecule has 5 atom stereocenters. The highest BCUT2D eigenvalue weighted by atomic mass is 32.2. The molecule has 0 saturated heterocycles. The van der Waals surface area contributed by atoms with E-state index < -0.39 is 84.6 Å². The Hall–Kier alpha value is -6.42. The number of carboxylic acids is 1. The molecule has 0 fully saturated rings. The highest BCUT2D eigenvalue weighted by Gasteiger charge is 2.33. The van der Waals surface area contributed by atoms with Gasteiger partial charge < -0.3 is 59.3 Å². The van der Waals surface area contributed by atoms with Crippen LogP contribution in [0.25, 0.3) is 0 Å². The van der Waals surface area contributed by atoms with E-state index in [0.29, 0.717) is 34.1 Å². The molecule has 1 aliphatic heterocycles. The molecule has 3 aromatic rings. The minimum absolute atomic E-state index is 0.0364. The van der Waals surface area contributed by atoms with Gasteiger partial charge in [0.15, 0.2) is 11.1 Å². The zero-order valence-electron chi connectivity index (χ0n) is 31.7. The molecule has 6 amide bonds. The van der Waals surface area contributed by atoms with Crippen molar-refractivity contribution in [1.29, 1.82) is 0 Å². The monoisotopic (exact) mass is 853 g/mol. The summed E-state index contributed by atoms with van der Waals surface area (Å²) in [7, 11) is 0. The predicted molar refractivity (Wildman–Crippen MR) is 220 cm³/mol. The molecule has 0 saturated carbocycles. The van der Waals surface area contributed by atoms with E-state index in [4.69, 9.17) is 17.2 Å². The second kappa shape index (κ2) is 22.5. The van der Waals surface area contributed by atoms with Crippen LogP contribution in [0.3, 0.4) is 0 Å². The van der Waals surface area contributed by atoms with Crippen LogP contribution in [0, 0.1) is 0 Å². The number of phenolic OH excluding ortho intramolecular Hbond substituents is 1. The minimum atomic E-state index is -1.71. The summed E-state index contributed by atoms with van der Waals surface area (Å²) in [6.45, 7) is -0.445. The Morgan fingerprint density at radius 1 is 0.780 bits per heavy atom.